The SMILES string of the molecule is CC(CC(O)c1ccccc1)NC(=O)C1(c2ccccc2F)CC1. The maximum Gasteiger partial charge on any atom is 0.230 e. The zero-order chi connectivity index (χ0) is 17.2. The van der Waals surface area contributed by atoms with Gasteiger partial charge in [0.05, 0.1) is 11.5 Å². The summed E-state index contributed by atoms with van der Waals surface area (Å²) in [5.74, 6) is -0.484. The zero-order valence-electron chi connectivity index (χ0n) is 13.7. The van der Waals surface area contributed by atoms with E-state index in [0.29, 0.717) is 24.8 Å². The lowest BCUT2D eigenvalue weighted by Crippen LogP contribution is -2.41. The highest BCUT2D eigenvalue weighted by molar-refractivity contribution is 5.91. The Morgan fingerprint density at radius 2 is 1.79 bits per heavy atom. The van der Waals surface area contributed by atoms with Crippen molar-refractivity contribution in [3.8, 4) is 0 Å². The van der Waals surface area contributed by atoms with Crippen LogP contribution in [0.3, 0.4) is 0 Å². The van der Waals surface area contributed by atoms with Crippen molar-refractivity contribution in [1.82, 2.24) is 5.32 Å². The summed E-state index contributed by atoms with van der Waals surface area (Å²) in [6.45, 7) is 1.86. The second-order valence-electron chi connectivity index (χ2n) is 6.60. The normalized spacial score (nSPS) is 17.8. The number of amides is 1. The summed E-state index contributed by atoms with van der Waals surface area (Å²) in [5, 5.41) is 13.2. The van der Waals surface area contributed by atoms with Gasteiger partial charge in [-0.1, -0.05) is 48.5 Å². The smallest absolute Gasteiger partial charge is 0.230 e. The minimum atomic E-state index is -0.739. The number of benzene rings is 2. The number of carbonyl (C=O) groups excluding carboxylic acids is 1. The topological polar surface area (TPSA) is 49.3 Å². The molecule has 1 saturated carbocycles. The quantitative estimate of drug-likeness (QED) is 0.853. The molecule has 0 heterocycles. The van der Waals surface area contributed by atoms with E-state index in [0.717, 1.165) is 5.56 Å². The molecule has 3 rings (SSSR count). The van der Waals surface area contributed by atoms with Gasteiger partial charge in [-0.3, -0.25) is 4.79 Å². The van der Waals surface area contributed by atoms with E-state index in [1.807, 2.05) is 37.3 Å². The van der Waals surface area contributed by atoms with Crippen molar-refractivity contribution < 1.29 is 14.3 Å². The summed E-state index contributed by atoms with van der Waals surface area (Å²) >= 11 is 0. The van der Waals surface area contributed by atoms with Crippen molar-refractivity contribution >= 4 is 5.91 Å². The minimum absolute atomic E-state index is 0.152. The molecule has 1 aliphatic carbocycles. The molecule has 1 aliphatic rings. The Bertz CT molecular complexity index is 713. The monoisotopic (exact) mass is 327 g/mol. The van der Waals surface area contributed by atoms with Crippen molar-refractivity contribution in [3.05, 3.63) is 71.5 Å². The molecule has 24 heavy (non-hydrogen) atoms. The van der Waals surface area contributed by atoms with Gasteiger partial charge in [0, 0.05) is 11.6 Å². The Balaban J connectivity index is 1.64. The van der Waals surface area contributed by atoms with Crippen molar-refractivity contribution in [2.24, 2.45) is 0 Å². The van der Waals surface area contributed by atoms with Gasteiger partial charge in [-0.05, 0) is 37.8 Å². The molecular weight excluding hydrogens is 305 g/mol. The maximum atomic E-state index is 14.0. The van der Waals surface area contributed by atoms with Gasteiger partial charge in [-0.2, -0.15) is 0 Å². The van der Waals surface area contributed by atoms with Crippen molar-refractivity contribution in [2.45, 2.75) is 43.7 Å². The molecule has 2 unspecified atom stereocenters. The summed E-state index contributed by atoms with van der Waals surface area (Å²) in [4.78, 5) is 12.6. The van der Waals surface area contributed by atoms with E-state index in [1.165, 1.54) is 6.07 Å². The molecule has 1 amide bonds. The molecular formula is C20H22FNO2. The van der Waals surface area contributed by atoms with Crippen LogP contribution in [0.5, 0.6) is 0 Å². The predicted octanol–water partition coefficient (Wildman–Crippen LogP) is 3.49. The van der Waals surface area contributed by atoms with E-state index in [9.17, 15) is 14.3 Å². The molecule has 1 fully saturated rings. The molecule has 0 radical (unpaired) electrons. The predicted molar refractivity (Wildman–Crippen MR) is 90.9 cm³/mol. The fraction of sp³-hybridized carbons (Fsp3) is 0.350. The standard InChI is InChI=1S/C20H22FNO2/c1-14(13-18(23)15-7-3-2-4-8-15)22-19(24)20(11-12-20)16-9-5-6-10-17(16)21/h2-10,14,18,23H,11-13H2,1H3,(H,22,24). The Morgan fingerprint density at radius 3 is 2.42 bits per heavy atom. The average Bonchev–Trinajstić information content (AvgIpc) is 3.37. The third-order valence-electron chi connectivity index (χ3n) is 4.71. The van der Waals surface area contributed by atoms with Crippen LogP contribution >= 0.6 is 0 Å². The number of nitrogens with one attached hydrogen (secondary N) is 1. The van der Waals surface area contributed by atoms with Gasteiger partial charge in [-0.25, -0.2) is 4.39 Å². The van der Waals surface area contributed by atoms with E-state index >= 15 is 0 Å². The first-order chi connectivity index (χ1) is 11.5. The molecule has 0 bridgehead atoms. The molecule has 2 aromatic carbocycles. The van der Waals surface area contributed by atoms with Crippen LogP contribution in [-0.2, 0) is 10.2 Å². The largest absolute Gasteiger partial charge is 0.388 e. The van der Waals surface area contributed by atoms with E-state index < -0.39 is 11.5 Å². The van der Waals surface area contributed by atoms with Crippen LogP contribution in [0.25, 0.3) is 0 Å². The second-order valence-corrected chi connectivity index (χ2v) is 6.60. The average molecular weight is 327 g/mol. The molecule has 0 spiro atoms. The summed E-state index contributed by atoms with van der Waals surface area (Å²) in [5.41, 5.74) is 0.559. The number of hydrogen-bond donors (Lipinski definition) is 2. The maximum absolute atomic E-state index is 14.0. The fourth-order valence-corrected chi connectivity index (χ4v) is 3.16. The Morgan fingerprint density at radius 1 is 1.17 bits per heavy atom. The fourth-order valence-electron chi connectivity index (χ4n) is 3.16. The Hall–Kier alpha value is -2.20. The van der Waals surface area contributed by atoms with Crippen molar-refractivity contribution in [3.63, 3.8) is 0 Å². The first kappa shape index (κ1) is 16.7. The molecule has 3 nitrogen and oxygen atoms in total. The first-order valence-electron chi connectivity index (χ1n) is 8.32. The van der Waals surface area contributed by atoms with Gasteiger partial charge in [0.25, 0.3) is 0 Å². The molecule has 0 aromatic heterocycles. The molecule has 2 atom stereocenters. The highest BCUT2D eigenvalue weighted by Crippen LogP contribution is 2.49. The van der Waals surface area contributed by atoms with Crippen LogP contribution in [0.1, 0.15) is 43.4 Å². The van der Waals surface area contributed by atoms with Crippen LogP contribution in [0.4, 0.5) is 4.39 Å². The molecule has 126 valence electrons. The highest BCUT2D eigenvalue weighted by Gasteiger charge is 2.52. The van der Waals surface area contributed by atoms with E-state index in [2.05, 4.69) is 5.32 Å². The number of aliphatic hydroxyl groups is 1. The third-order valence-corrected chi connectivity index (χ3v) is 4.71. The van der Waals surface area contributed by atoms with Gasteiger partial charge in [0.15, 0.2) is 0 Å². The summed E-state index contributed by atoms with van der Waals surface area (Å²) < 4.78 is 14.0. The Kier molecular flexibility index (Phi) is 4.67. The zero-order valence-corrected chi connectivity index (χ0v) is 13.7. The molecule has 4 heteroatoms. The molecule has 2 aromatic rings. The van der Waals surface area contributed by atoms with E-state index in [-0.39, 0.29) is 17.8 Å². The number of aliphatic hydroxyl groups excluding tert-OH is 1. The van der Waals surface area contributed by atoms with Crippen molar-refractivity contribution in [1.29, 1.82) is 0 Å². The van der Waals surface area contributed by atoms with Crippen LogP contribution < -0.4 is 5.32 Å². The minimum Gasteiger partial charge on any atom is -0.388 e. The van der Waals surface area contributed by atoms with Gasteiger partial charge in [0.1, 0.15) is 5.82 Å². The van der Waals surface area contributed by atoms with E-state index in [1.54, 1.807) is 18.2 Å². The Labute approximate surface area is 141 Å². The second kappa shape index (κ2) is 6.73. The third kappa shape index (κ3) is 3.34. The molecule has 0 aliphatic heterocycles. The van der Waals surface area contributed by atoms with Gasteiger partial charge in [-0.15, -0.1) is 0 Å². The summed E-state index contributed by atoms with van der Waals surface area (Å²) in [6, 6.07) is 15.6. The lowest BCUT2D eigenvalue weighted by molar-refractivity contribution is -0.124. The van der Waals surface area contributed by atoms with Crippen molar-refractivity contribution in [2.75, 3.05) is 0 Å². The van der Waals surface area contributed by atoms with E-state index in [4.69, 9.17) is 0 Å². The first-order valence-corrected chi connectivity index (χ1v) is 8.32. The van der Waals surface area contributed by atoms with Crippen LogP contribution in [0, 0.1) is 5.82 Å². The van der Waals surface area contributed by atoms with Crippen LogP contribution in [0.15, 0.2) is 54.6 Å². The number of halogens is 1. The summed E-state index contributed by atoms with van der Waals surface area (Å²) in [7, 11) is 0. The number of hydrogen-bond acceptors (Lipinski definition) is 2. The summed E-state index contributed by atoms with van der Waals surface area (Å²) in [6.07, 6.45) is 1.11. The van der Waals surface area contributed by atoms with Crippen LogP contribution in [0.2, 0.25) is 0 Å². The molecule has 0 saturated heterocycles. The number of carbonyl (C=O) groups is 1. The van der Waals surface area contributed by atoms with Gasteiger partial charge in [0.2, 0.25) is 5.91 Å². The van der Waals surface area contributed by atoms with Crippen LogP contribution in [-0.4, -0.2) is 17.1 Å². The highest BCUT2D eigenvalue weighted by atomic mass is 19.1. The van der Waals surface area contributed by atoms with Gasteiger partial charge < -0.3 is 10.4 Å². The molecule has 2 N–H and O–H groups in total. The number of rotatable bonds is 6. The lowest BCUT2D eigenvalue weighted by Gasteiger charge is -2.22. The van der Waals surface area contributed by atoms with Gasteiger partial charge >= 0.3 is 0 Å². The lowest BCUT2D eigenvalue weighted by atomic mass is 9.93.